The molecule has 7 nitrogen and oxygen atoms in total. The van der Waals surface area contributed by atoms with Crippen LogP contribution in [0, 0.1) is 5.92 Å². The van der Waals surface area contributed by atoms with Crippen molar-refractivity contribution >= 4 is 27.4 Å². The van der Waals surface area contributed by atoms with Gasteiger partial charge in [0, 0.05) is 25.1 Å². The lowest BCUT2D eigenvalue weighted by molar-refractivity contribution is -0.197. The first-order valence-corrected chi connectivity index (χ1v) is 10.3. The number of likely N-dealkylation sites (N-methyl/N-ethyl adjacent to an activating group) is 1. The molecule has 1 amide bonds. The number of carbonyl (C=O) groups excluding carboxylic acids is 1. The van der Waals surface area contributed by atoms with Crippen LogP contribution in [0.2, 0.25) is 0 Å². The molecule has 2 rings (SSSR count). The van der Waals surface area contributed by atoms with Gasteiger partial charge in [0.1, 0.15) is 5.82 Å². The lowest BCUT2D eigenvalue weighted by atomic mass is 10.0. The number of H-pyrrole nitrogens is 1. The number of likely N-dealkylation sites (tertiary alicyclic amines) is 1. The number of aromatic amines is 1. The minimum absolute atomic E-state index is 0.00395. The van der Waals surface area contributed by atoms with E-state index in [1.807, 2.05) is 26.0 Å². The molecule has 1 aliphatic heterocycles. The predicted molar refractivity (Wildman–Crippen MR) is 118 cm³/mol. The van der Waals surface area contributed by atoms with E-state index in [2.05, 4.69) is 44.4 Å². The Morgan fingerprint density at radius 2 is 2.07 bits per heavy atom. The van der Waals surface area contributed by atoms with Crippen LogP contribution >= 0.6 is 15.9 Å². The molecule has 2 N–H and O–H groups in total. The van der Waals surface area contributed by atoms with Gasteiger partial charge < -0.3 is 24.7 Å². The first kappa shape index (κ1) is 23.5. The molecular formula is C21H31BrN4O3. The molecule has 1 aromatic heterocycles. The van der Waals surface area contributed by atoms with Crippen LogP contribution in [0.1, 0.15) is 37.8 Å². The van der Waals surface area contributed by atoms with Crippen LogP contribution in [0.3, 0.4) is 0 Å². The Bertz CT molecular complexity index is 783. The van der Waals surface area contributed by atoms with Gasteiger partial charge in [-0.15, -0.1) is 0 Å². The number of carbonyl (C=O) groups is 1. The number of amides is 1. The molecule has 0 bridgehead atoms. The molecule has 8 heteroatoms. The Kier molecular flexibility index (Phi) is 7.99. The molecule has 2 atom stereocenters. The van der Waals surface area contributed by atoms with Gasteiger partial charge in [-0.25, -0.2) is 4.98 Å². The summed E-state index contributed by atoms with van der Waals surface area (Å²) in [5.41, 5.74) is 1.54. The van der Waals surface area contributed by atoms with E-state index in [4.69, 9.17) is 9.47 Å². The third kappa shape index (κ3) is 5.25. The zero-order valence-electron chi connectivity index (χ0n) is 17.8. The van der Waals surface area contributed by atoms with Gasteiger partial charge in [0.25, 0.3) is 0 Å². The summed E-state index contributed by atoms with van der Waals surface area (Å²) in [6.45, 7) is 12.2. The van der Waals surface area contributed by atoms with E-state index in [0.29, 0.717) is 18.8 Å². The second kappa shape index (κ2) is 9.84. The molecule has 0 radical (unpaired) electrons. The molecular weight excluding hydrogens is 436 g/mol. The van der Waals surface area contributed by atoms with Crippen LogP contribution in [0.4, 0.5) is 0 Å². The van der Waals surface area contributed by atoms with Gasteiger partial charge in [0.2, 0.25) is 5.91 Å². The van der Waals surface area contributed by atoms with E-state index >= 15 is 0 Å². The highest BCUT2D eigenvalue weighted by atomic mass is 79.9. The Labute approximate surface area is 181 Å². The van der Waals surface area contributed by atoms with Crippen molar-refractivity contribution < 1.29 is 14.3 Å². The lowest BCUT2D eigenvalue weighted by Crippen LogP contribution is -2.49. The van der Waals surface area contributed by atoms with Gasteiger partial charge in [-0.1, -0.05) is 49.0 Å². The summed E-state index contributed by atoms with van der Waals surface area (Å²) in [4.78, 5) is 22.9. The summed E-state index contributed by atoms with van der Waals surface area (Å²) in [5.74, 6) is -0.0544. The second-order valence-electron chi connectivity index (χ2n) is 7.50. The van der Waals surface area contributed by atoms with Gasteiger partial charge in [-0.3, -0.25) is 4.79 Å². The molecule has 0 aromatic carbocycles. The van der Waals surface area contributed by atoms with Crippen LogP contribution in [-0.2, 0) is 14.3 Å². The Hall–Kier alpha value is -1.74. The lowest BCUT2D eigenvalue weighted by Gasteiger charge is -2.30. The number of methoxy groups -OCH3 is 2. The molecule has 0 spiro atoms. The molecule has 2 unspecified atom stereocenters. The van der Waals surface area contributed by atoms with Gasteiger partial charge in [-0.2, -0.15) is 0 Å². The second-order valence-corrected chi connectivity index (χ2v) is 8.52. The fourth-order valence-electron chi connectivity index (χ4n) is 3.56. The monoisotopic (exact) mass is 466 g/mol. The summed E-state index contributed by atoms with van der Waals surface area (Å²) < 4.78 is 12.1. The van der Waals surface area contributed by atoms with E-state index in [1.54, 1.807) is 32.4 Å². The molecule has 0 aliphatic carbocycles. The maximum absolute atomic E-state index is 13.3. The van der Waals surface area contributed by atoms with Crippen molar-refractivity contribution in [3.05, 3.63) is 47.5 Å². The molecule has 0 saturated carbocycles. The van der Waals surface area contributed by atoms with Crippen LogP contribution in [0.15, 0.2) is 36.0 Å². The smallest absolute Gasteiger partial charge is 0.240 e. The largest absolute Gasteiger partial charge is 0.351 e. The number of allylic oxidation sites excluding steroid dienone is 4. The van der Waals surface area contributed by atoms with Crippen LogP contribution in [-0.4, -0.2) is 60.4 Å². The summed E-state index contributed by atoms with van der Waals surface area (Å²) in [5, 5.41) is 3.12. The summed E-state index contributed by atoms with van der Waals surface area (Å²) >= 11 is 3.29. The van der Waals surface area contributed by atoms with Gasteiger partial charge in [-0.05, 0) is 24.6 Å². The zero-order chi connectivity index (χ0) is 21.8. The Balaban J connectivity index is 2.35. The first-order chi connectivity index (χ1) is 13.7. The fourth-order valence-corrected chi connectivity index (χ4v) is 3.70. The molecule has 29 heavy (non-hydrogen) atoms. The van der Waals surface area contributed by atoms with Crippen molar-refractivity contribution in [1.82, 2.24) is 20.2 Å². The highest BCUT2D eigenvalue weighted by molar-refractivity contribution is 9.11. The number of halogens is 1. The number of aromatic nitrogens is 2. The summed E-state index contributed by atoms with van der Waals surface area (Å²) in [6.07, 6.45) is 5.86. The van der Waals surface area contributed by atoms with Crippen molar-refractivity contribution in [3.63, 3.8) is 0 Å². The topological polar surface area (TPSA) is 79.5 Å². The number of hydrogen-bond acceptors (Lipinski definition) is 5. The average Bonchev–Trinajstić information content (AvgIpc) is 3.31. The standard InChI is InChI=1S/C21H31BrN4O3/c1-13(2)18(23-5)20(27)26-12-21(28-6,29-7)10-17(26)19-24-11-16(25-19)14(3)8-9-15(4)22/h8-9,11,13,17-18,23H,3-4,10,12H2,1-2,5-7H3,(H,24,25)/b9-8-. The van der Waals surface area contributed by atoms with E-state index in [-0.39, 0.29) is 23.9 Å². The van der Waals surface area contributed by atoms with Crippen molar-refractivity contribution in [2.75, 3.05) is 27.8 Å². The molecule has 1 aliphatic rings. The average molecular weight is 467 g/mol. The maximum Gasteiger partial charge on any atom is 0.240 e. The van der Waals surface area contributed by atoms with E-state index in [0.717, 1.165) is 15.7 Å². The van der Waals surface area contributed by atoms with E-state index in [9.17, 15) is 4.79 Å². The van der Waals surface area contributed by atoms with Crippen LogP contribution in [0.25, 0.3) is 5.57 Å². The Morgan fingerprint density at radius 3 is 2.59 bits per heavy atom. The minimum Gasteiger partial charge on any atom is -0.351 e. The number of ether oxygens (including phenoxy) is 2. The number of rotatable bonds is 9. The number of nitrogens with zero attached hydrogens (tertiary/aromatic N) is 2. The Morgan fingerprint density at radius 1 is 1.41 bits per heavy atom. The van der Waals surface area contributed by atoms with Crippen molar-refractivity contribution in [1.29, 1.82) is 0 Å². The molecule has 1 fully saturated rings. The van der Waals surface area contributed by atoms with Gasteiger partial charge >= 0.3 is 0 Å². The van der Waals surface area contributed by atoms with Crippen LogP contribution in [0.5, 0.6) is 0 Å². The van der Waals surface area contributed by atoms with Crippen LogP contribution < -0.4 is 5.32 Å². The molecule has 160 valence electrons. The number of nitrogens with one attached hydrogen (secondary N) is 2. The van der Waals surface area contributed by atoms with E-state index in [1.165, 1.54) is 0 Å². The molecule has 1 aromatic rings. The third-order valence-corrected chi connectivity index (χ3v) is 5.55. The maximum atomic E-state index is 13.3. The number of imidazole rings is 1. The molecule has 1 saturated heterocycles. The highest BCUT2D eigenvalue weighted by Crippen LogP contribution is 2.40. The van der Waals surface area contributed by atoms with Crippen molar-refractivity contribution in [3.8, 4) is 0 Å². The minimum atomic E-state index is -0.868. The third-order valence-electron chi connectivity index (χ3n) is 5.29. The van der Waals surface area contributed by atoms with E-state index < -0.39 is 5.79 Å². The predicted octanol–water partition coefficient (Wildman–Crippen LogP) is 3.39. The zero-order valence-corrected chi connectivity index (χ0v) is 19.4. The quantitative estimate of drug-likeness (QED) is 0.430. The van der Waals surface area contributed by atoms with Crippen molar-refractivity contribution in [2.45, 2.75) is 38.1 Å². The molecule has 2 heterocycles. The summed E-state index contributed by atoms with van der Waals surface area (Å²) in [6, 6.07) is -0.604. The van der Waals surface area contributed by atoms with Crippen molar-refractivity contribution in [2.24, 2.45) is 5.92 Å². The normalized spacial score (nSPS) is 19.8. The van der Waals surface area contributed by atoms with Gasteiger partial charge in [0.05, 0.1) is 30.5 Å². The SMILES string of the molecule is C=C(Br)/C=C\C(=C)c1cnc(C2CC(OC)(OC)CN2C(=O)C(NC)C(C)C)[nH]1. The van der Waals surface area contributed by atoms with Gasteiger partial charge in [0.15, 0.2) is 5.79 Å². The summed E-state index contributed by atoms with van der Waals surface area (Å²) in [7, 11) is 4.99. The highest BCUT2D eigenvalue weighted by Gasteiger charge is 2.49. The first-order valence-electron chi connectivity index (χ1n) is 9.52. The number of hydrogen-bond donors (Lipinski definition) is 2. The fraction of sp³-hybridized carbons (Fsp3) is 0.524.